The van der Waals surface area contributed by atoms with E-state index in [1.807, 2.05) is 0 Å². The molecule has 11 heteroatoms. The Bertz CT molecular complexity index is 759. The summed E-state index contributed by atoms with van der Waals surface area (Å²) in [5.41, 5.74) is 0.522. The molecule has 1 heterocycles. The highest BCUT2D eigenvalue weighted by atomic mass is 19.4. The van der Waals surface area contributed by atoms with Gasteiger partial charge in [-0.1, -0.05) is 22.4 Å². The summed E-state index contributed by atoms with van der Waals surface area (Å²) in [5, 5.41) is 9.34. The van der Waals surface area contributed by atoms with Crippen LogP contribution >= 0.6 is 0 Å². The number of amides is 1. The van der Waals surface area contributed by atoms with Crippen LogP contribution in [-0.4, -0.2) is 41.6 Å². The van der Waals surface area contributed by atoms with E-state index in [2.05, 4.69) is 30.0 Å². The van der Waals surface area contributed by atoms with Crippen LogP contribution in [-0.2, 0) is 11.0 Å². The van der Waals surface area contributed by atoms with E-state index in [-0.39, 0.29) is 23.6 Å². The van der Waals surface area contributed by atoms with Crippen LogP contribution < -0.4 is 5.32 Å². The first kappa shape index (κ1) is 19.3. The monoisotopic (exact) mass is 374 g/mol. The first-order chi connectivity index (χ1) is 12.3. The predicted molar refractivity (Wildman–Crippen MR) is 82.1 cm³/mol. The van der Waals surface area contributed by atoms with Crippen molar-refractivity contribution in [2.24, 2.45) is 5.16 Å². The summed E-state index contributed by atoms with van der Waals surface area (Å²) in [6.07, 6.45) is -3.43. The highest BCUT2D eigenvalue weighted by Crippen LogP contribution is 2.29. The third-order valence-electron chi connectivity index (χ3n) is 2.96. The molecule has 1 unspecified atom stereocenters. The third-order valence-corrected chi connectivity index (χ3v) is 2.96. The van der Waals surface area contributed by atoms with Crippen molar-refractivity contribution in [3.05, 3.63) is 35.7 Å². The smallest absolute Gasteiger partial charge is 0.393 e. The van der Waals surface area contributed by atoms with Crippen molar-refractivity contribution < 1.29 is 31.7 Å². The molecule has 1 amide bonds. The van der Waals surface area contributed by atoms with Gasteiger partial charge in [0, 0.05) is 11.1 Å². The van der Waals surface area contributed by atoms with Gasteiger partial charge < -0.3 is 14.7 Å². The Labute approximate surface area is 145 Å². The van der Waals surface area contributed by atoms with Gasteiger partial charge in [0.15, 0.2) is 0 Å². The zero-order chi connectivity index (χ0) is 19.2. The summed E-state index contributed by atoms with van der Waals surface area (Å²) in [6.45, 7) is 0.784. The Morgan fingerprint density at radius 2 is 2.08 bits per heavy atom. The van der Waals surface area contributed by atoms with Crippen LogP contribution in [0.3, 0.4) is 0 Å². The topological polar surface area (TPSA) is 89.6 Å². The predicted octanol–water partition coefficient (Wildman–Crippen LogP) is 2.85. The Balaban J connectivity index is 1.99. The van der Waals surface area contributed by atoms with Gasteiger partial charge in [-0.15, -0.1) is 0 Å². The van der Waals surface area contributed by atoms with Gasteiger partial charge in [0.1, 0.15) is 13.3 Å². The van der Waals surface area contributed by atoms with Crippen molar-refractivity contribution in [3.63, 3.8) is 0 Å². The van der Waals surface area contributed by atoms with Crippen molar-refractivity contribution in [2.45, 2.75) is 19.1 Å². The van der Waals surface area contributed by atoms with Crippen LogP contribution in [0.25, 0.3) is 11.4 Å². The number of benzene rings is 1. The molecule has 1 N–H and O–H groups in total. The van der Waals surface area contributed by atoms with Crippen LogP contribution in [0, 0.1) is 0 Å². The van der Waals surface area contributed by atoms with Crippen molar-refractivity contribution in [1.82, 2.24) is 15.5 Å². The second kappa shape index (κ2) is 8.41. The van der Waals surface area contributed by atoms with E-state index in [4.69, 9.17) is 0 Å². The zero-order valence-corrected chi connectivity index (χ0v) is 13.5. The van der Waals surface area contributed by atoms with E-state index in [0.29, 0.717) is 0 Å². The van der Waals surface area contributed by atoms with Crippen LogP contribution in [0.15, 0.2) is 33.9 Å². The highest BCUT2D eigenvalue weighted by Gasteiger charge is 2.38. The lowest BCUT2D eigenvalue weighted by Gasteiger charge is -2.09. The molecule has 2 aromatic rings. The summed E-state index contributed by atoms with van der Waals surface area (Å²) in [6, 6.07) is 5.11. The molecule has 0 aliphatic heterocycles. The summed E-state index contributed by atoms with van der Waals surface area (Å²) in [5.74, 6) is -2.13. The van der Waals surface area contributed by atoms with Crippen LogP contribution in [0.2, 0.25) is 0 Å². The van der Waals surface area contributed by atoms with Crippen LogP contribution in [0.4, 0.5) is 17.6 Å². The first-order valence-electron chi connectivity index (χ1n) is 7.35. The lowest BCUT2D eigenvalue weighted by atomic mass is 10.1. The zero-order valence-electron chi connectivity index (χ0n) is 13.5. The fourth-order valence-electron chi connectivity index (χ4n) is 1.78. The second-order valence-electron chi connectivity index (χ2n) is 5.04. The number of alkyl halides is 4. The van der Waals surface area contributed by atoms with E-state index < -0.39 is 30.7 Å². The number of hydrogen-bond donors (Lipinski definition) is 1. The molecule has 0 aliphatic carbocycles. The average Bonchev–Trinajstić information content (AvgIpc) is 3.09. The molecule has 26 heavy (non-hydrogen) atoms. The lowest BCUT2D eigenvalue weighted by molar-refractivity contribution is -0.159. The van der Waals surface area contributed by atoms with Gasteiger partial charge in [-0.05, 0) is 19.1 Å². The molecule has 1 aromatic heterocycles. The standard InChI is InChI=1S/C15H14F4N4O3/c1-9(8-20-25-7-6-16)21-13(24)11-4-2-10(3-5-11)12-22-14(26-23-12)15(17,18)19/h2-5,8-9H,6-7H2,1H3,(H,21,24)/b20-8-. The summed E-state index contributed by atoms with van der Waals surface area (Å²) < 4.78 is 53.3. The molecule has 7 nitrogen and oxygen atoms in total. The molecule has 0 saturated heterocycles. The van der Waals surface area contributed by atoms with Gasteiger partial charge in [-0.25, -0.2) is 4.39 Å². The minimum atomic E-state index is -4.73. The van der Waals surface area contributed by atoms with Crippen molar-refractivity contribution in [3.8, 4) is 11.4 Å². The number of carbonyl (C=O) groups is 1. The summed E-state index contributed by atoms with van der Waals surface area (Å²) in [7, 11) is 0. The fraction of sp³-hybridized carbons (Fsp3) is 0.333. The maximum absolute atomic E-state index is 12.5. The minimum Gasteiger partial charge on any atom is -0.393 e. The molecule has 0 radical (unpaired) electrons. The van der Waals surface area contributed by atoms with Crippen LogP contribution in [0.5, 0.6) is 0 Å². The molecule has 0 fully saturated rings. The van der Waals surface area contributed by atoms with E-state index in [1.165, 1.54) is 30.5 Å². The molecule has 0 spiro atoms. The Hall–Kier alpha value is -2.98. The third kappa shape index (κ3) is 5.26. The molecule has 0 bridgehead atoms. The normalized spacial score (nSPS) is 13.0. The molecule has 140 valence electrons. The first-order valence-corrected chi connectivity index (χ1v) is 7.35. The maximum Gasteiger partial charge on any atom is 0.471 e. The van der Waals surface area contributed by atoms with Crippen molar-refractivity contribution >= 4 is 12.1 Å². The number of nitrogens with zero attached hydrogens (tertiary/aromatic N) is 3. The van der Waals surface area contributed by atoms with Gasteiger partial charge in [-0.3, -0.25) is 4.79 Å². The molecule has 1 atom stereocenters. The Morgan fingerprint density at radius 1 is 1.38 bits per heavy atom. The number of nitrogens with one attached hydrogen (secondary N) is 1. The van der Waals surface area contributed by atoms with Gasteiger partial charge in [0.25, 0.3) is 5.91 Å². The molecule has 1 aromatic carbocycles. The molecular weight excluding hydrogens is 360 g/mol. The number of aromatic nitrogens is 2. The fourth-order valence-corrected chi connectivity index (χ4v) is 1.78. The summed E-state index contributed by atoms with van der Waals surface area (Å²) >= 11 is 0. The van der Waals surface area contributed by atoms with E-state index >= 15 is 0 Å². The van der Waals surface area contributed by atoms with E-state index in [9.17, 15) is 22.4 Å². The highest BCUT2D eigenvalue weighted by molar-refractivity contribution is 5.96. The number of halogens is 4. The largest absolute Gasteiger partial charge is 0.471 e. The number of rotatable bonds is 7. The minimum absolute atomic E-state index is 0.176. The van der Waals surface area contributed by atoms with Gasteiger partial charge in [0.2, 0.25) is 5.82 Å². The van der Waals surface area contributed by atoms with Crippen molar-refractivity contribution in [1.29, 1.82) is 0 Å². The Morgan fingerprint density at radius 3 is 2.65 bits per heavy atom. The molecule has 0 saturated carbocycles. The van der Waals surface area contributed by atoms with Gasteiger partial charge >= 0.3 is 12.1 Å². The summed E-state index contributed by atoms with van der Waals surface area (Å²) in [4.78, 5) is 19.9. The maximum atomic E-state index is 12.5. The van der Waals surface area contributed by atoms with Gasteiger partial charge in [0.05, 0.1) is 12.3 Å². The Kier molecular flexibility index (Phi) is 6.26. The number of oxime groups is 1. The van der Waals surface area contributed by atoms with Crippen LogP contribution in [0.1, 0.15) is 23.2 Å². The van der Waals surface area contributed by atoms with E-state index in [0.717, 1.165) is 0 Å². The molecule has 2 rings (SSSR count). The quantitative estimate of drug-likeness (QED) is 0.348. The lowest BCUT2D eigenvalue weighted by Crippen LogP contribution is -2.33. The second-order valence-corrected chi connectivity index (χ2v) is 5.04. The van der Waals surface area contributed by atoms with Crippen molar-refractivity contribution in [2.75, 3.05) is 13.3 Å². The van der Waals surface area contributed by atoms with Gasteiger partial charge in [-0.2, -0.15) is 18.2 Å². The average molecular weight is 374 g/mol. The SMILES string of the molecule is CC(/C=N\OCCF)NC(=O)c1ccc(-c2noc(C(F)(F)F)n2)cc1. The molecular formula is C15H14F4N4O3. The van der Waals surface area contributed by atoms with E-state index in [1.54, 1.807) is 6.92 Å². The number of carbonyl (C=O) groups excluding carboxylic acids is 1. The molecule has 0 aliphatic rings. The number of hydrogen-bond acceptors (Lipinski definition) is 6.